The predicted octanol–water partition coefficient (Wildman–Crippen LogP) is 3.39. The van der Waals surface area contributed by atoms with Crippen LogP contribution < -0.4 is 5.32 Å². The van der Waals surface area contributed by atoms with Crippen LogP contribution in [0.5, 0.6) is 0 Å². The molecule has 0 radical (unpaired) electrons. The smallest absolute Gasteiger partial charge is 0.253 e. The molecule has 0 spiro atoms. The van der Waals surface area contributed by atoms with Gasteiger partial charge in [0, 0.05) is 43.8 Å². The molecular weight excluding hydrogens is 427 g/mol. The van der Waals surface area contributed by atoms with E-state index in [-0.39, 0.29) is 22.8 Å². The van der Waals surface area contributed by atoms with Crippen molar-refractivity contribution in [1.29, 1.82) is 0 Å². The summed E-state index contributed by atoms with van der Waals surface area (Å²) in [4.78, 5) is 29.9. The lowest BCUT2D eigenvalue weighted by atomic mass is 10.0. The standard InChI is InChI=1S/C21H26Cl2N4O3/c1-13(2)19(24-20(28)17-5-4-15(22)11-18(17)23)21(29)27-8-6-26(7-9-27)12-16-10-14(3)30-25-16/h4-5,10-11,13,19H,6-9,12H2,1-3H3,(H,24,28)/t19-/m0/s1. The Balaban J connectivity index is 1.59. The van der Waals surface area contributed by atoms with Gasteiger partial charge in [-0.05, 0) is 31.0 Å². The number of aryl methyl sites for hydroxylation is 1. The highest BCUT2D eigenvalue weighted by atomic mass is 35.5. The number of halogens is 2. The lowest BCUT2D eigenvalue weighted by Gasteiger charge is -2.37. The van der Waals surface area contributed by atoms with E-state index in [1.165, 1.54) is 6.07 Å². The number of aromatic nitrogens is 1. The maximum atomic E-state index is 13.1. The molecule has 1 aliphatic rings. The molecule has 0 bridgehead atoms. The molecule has 1 aromatic heterocycles. The SMILES string of the molecule is Cc1cc(CN2CCN(C(=O)[C@@H](NC(=O)c3ccc(Cl)cc3Cl)C(C)C)CC2)no1. The van der Waals surface area contributed by atoms with E-state index in [0.717, 1.165) is 24.5 Å². The zero-order valence-electron chi connectivity index (χ0n) is 17.3. The maximum absolute atomic E-state index is 13.1. The van der Waals surface area contributed by atoms with Crippen LogP contribution in [0, 0.1) is 12.8 Å². The summed E-state index contributed by atoms with van der Waals surface area (Å²) in [6, 6.07) is 5.97. The summed E-state index contributed by atoms with van der Waals surface area (Å²) in [7, 11) is 0. The van der Waals surface area contributed by atoms with Crippen LogP contribution in [0.15, 0.2) is 28.8 Å². The Morgan fingerprint density at radius 1 is 1.17 bits per heavy atom. The summed E-state index contributed by atoms with van der Waals surface area (Å²) < 4.78 is 5.11. The van der Waals surface area contributed by atoms with E-state index in [9.17, 15) is 9.59 Å². The Morgan fingerprint density at radius 3 is 2.43 bits per heavy atom. The van der Waals surface area contributed by atoms with Gasteiger partial charge in [0.25, 0.3) is 5.91 Å². The number of piperazine rings is 1. The third-order valence-electron chi connectivity index (χ3n) is 5.14. The van der Waals surface area contributed by atoms with E-state index in [4.69, 9.17) is 27.7 Å². The normalized spacial score (nSPS) is 16.0. The molecule has 1 aliphatic heterocycles. The number of benzene rings is 1. The van der Waals surface area contributed by atoms with Gasteiger partial charge in [0.1, 0.15) is 11.8 Å². The first kappa shape index (κ1) is 22.6. The Labute approximate surface area is 186 Å². The molecule has 1 N–H and O–H groups in total. The van der Waals surface area contributed by atoms with Crippen molar-refractivity contribution in [2.24, 2.45) is 5.92 Å². The first-order valence-corrected chi connectivity index (χ1v) is 10.7. The van der Waals surface area contributed by atoms with Gasteiger partial charge in [0.15, 0.2) is 0 Å². The van der Waals surface area contributed by atoms with Crippen LogP contribution in [0.3, 0.4) is 0 Å². The summed E-state index contributed by atoms with van der Waals surface area (Å²) in [5.41, 5.74) is 1.19. The average molecular weight is 453 g/mol. The van der Waals surface area contributed by atoms with Crippen molar-refractivity contribution in [3.05, 3.63) is 51.3 Å². The second-order valence-corrected chi connectivity index (χ2v) is 8.69. The monoisotopic (exact) mass is 452 g/mol. The number of hydrogen-bond donors (Lipinski definition) is 1. The van der Waals surface area contributed by atoms with Crippen LogP contribution in [0.2, 0.25) is 10.0 Å². The molecular formula is C21H26Cl2N4O3. The third-order valence-corrected chi connectivity index (χ3v) is 5.69. The first-order valence-electron chi connectivity index (χ1n) is 9.94. The predicted molar refractivity (Wildman–Crippen MR) is 116 cm³/mol. The summed E-state index contributed by atoms with van der Waals surface area (Å²) >= 11 is 12.0. The van der Waals surface area contributed by atoms with E-state index >= 15 is 0 Å². The fourth-order valence-corrected chi connectivity index (χ4v) is 3.95. The Kier molecular flexibility index (Phi) is 7.39. The highest BCUT2D eigenvalue weighted by Crippen LogP contribution is 2.21. The van der Waals surface area contributed by atoms with Crippen molar-refractivity contribution in [3.8, 4) is 0 Å². The van der Waals surface area contributed by atoms with E-state index in [1.807, 2.05) is 26.8 Å². The van der Waals surface area contributed by atoms with Gasteiger partial charge in [-0.25, -0.2) is 0 Å². The summed E-state index contributed by atoms with van der Waals surface area (Å²) in [6.07, 6.45) is 0. The minimum Gasteiger partial charge on any atom is -0.361 e. The van der Waals surface area contributed by atoms with Crippen LogP contribution in [0.1, 0.15) is 35.7 Å². The van der Waals surface area contributed by atoms with Crippen molar-refractivity contribution in [3.63, 3.8) is 0 Å². The van der Waals surface area contributed by atoms with E-state index in [0.29, 0.717) is 30.2 Å². The minimum atomic E-state index is -0.631. The van der Waals surface area contributed by atoms with Gasteiger partial charge in [0.05, 0.1) is 16.3 Å². The van der Waals surface area contributed by atoms with Gasteiger partial charge in [-0.2, -0.15) is 0 Å². The minimum absolute atomic E-state index is 0.0661. The number of amides is 2. The van der Waals surface area contributed by atoms with Gasteiger partial charge in [-0.15, -0.1) is 0 Å². The highest BCUT2D eigenvalue weighted by molar-refractivity contribution is 6.36. The second kappa shape index (κ2) is 9.81. The molecule has 0 aliphatic carbocycles. The number of hydrogen-bond acceptors (Lipinski definition) is 5. The molecule has 162 valence electrons. The Hall–Kier alpha value is -2.09. The zero-order valence-corrected chi connectivity index (χ0v) is 18.8. The third kappa shape index (κ3) is 5.53. The molecule has 3 rings (SSSR count). The van der Waals surface area contributed by atoms with Gasteiger partial charge in [0.2, 0.25) is 5.91 Å². The number of rotatable bonds is 6. The first-order chi connectivity index (χ1) is 14.2. The van der Waals surface area contributed by atoms with Crippen molar-refractivity contribution in [1.82, 2.24) is 20.3 Å². The largest absolute Gasteiger partial charge is 0.361 e. The van der Waals surface area contributed by atoms with Gasteiger partial charge < -0.3 is 14.7 Å². The van der Waals surface area contributed by atoms with Crippen LogP contribution in [0.4, 0.5) is 0 Å². The average Bonchev–Trinajstić information content (AvgIpc) is 3.10. The van der Waals surface area contributed by atoms with Crippen LogP contribution in [-0.4, -0.2) is 59.0 Å². The number of nitrogens with zero attached hydrogens (tertiary/aromatic N) is 3. The quantitative estimate of drug-likeness (QED) is 0.726. The molecule has 1 fully saturated rings. The second-order valence-electron chi connectivity index (χ2n) is 7.85. The molecule has 1 saturated heterocycles. The molecule has 2 heterocycles. The maximum Gasteiger partial charge on any atom is 0.253 e. The van der Waals surface area contributed by atoms with Crippen LogP contribution in [-0.2, 0) is 11.3 Å². The molecule has 7 nitrogen and oxygen atoms in total. The fourth-order valence-electron chi connectivity index (χ4n) is 3.45. The lowest BCUT2D eigenvalue weighted by molar-refractivity contribution is -0.136. The van der Waals surface area contributed by atoms with E-state index in [1.54, 1.807) is 17.0 Å². The molecule has 0 saturated carbocycles. The van der Waals surface area contributed by atoms with Gasteiger partial charge in [-0.3, -0.25) is 14.5 Å². The van der Waals surface area contributed by atoms with E-state index < -0.39 is 6.04 Å². The zero-order chi connectivity index (χ0) is 21.8. The number of nitrogens with one attached hydrogen (secondary N) is 1. The molecule has 30 heavy (non-hydrogen) atoms. The molecule has 9 heteroatoms. The molecule has 1 aromatic carbocycles. The van der Waals surface area contributed by atoms with Gasteiger partial charge >= 0.3 is 0 Å². The Bertz CT molecular complexity index is 907. The van der Waals surface area contributed by atoms with E-state index in [2.05, 4.69) is 15.4 Å². The molecule has 2 amide bonds. The number of carbonyl (C=O) groups is 2. The van der Waals surface area contributed by atoms with Gasteiger partial charge in [-0.1, -0.05) is 42.2 Å². The summed E-state index contributed by atoms with van der Waals surface area (Å²) in [6.45, 7) is 9.04. The van der Waals surface area contributed by atoms with Crippen LogP contribution >= 0.6 is 23.2 Å². The molecule has 2 aromatic rings. The van der Waals surface area contributed by atoms with Crippen molar-refractivity contribution in [2.45, 2.75) is 33.4 Å². The van der Waals surface area contributed by atoms with Crippen molar-refractivity contribution < 1.29 is 14.1 Å². The highest BCUT2D eigenvalue weighted by Gasteiger charge is 2.31. The number of carbonyl (C=O) groups excluding carboxylic acids is 2. The molecule has 0 unspecified atom stereocenters. The topological polar surface area (TPSA) is 78.7 Å². The van der Waals surface area contributed by atoms with Crippen molar-refractivity contribution in [2.75, 3.05) is 26.2 Å². The summed E-state index contributed by atoms with van der Waals surface area (Å²) in [5.74, 6) is 0.253. The van der Waals surface area contributed by atoms with Crippen molar-refractivity contribution >= 4 is 35.0 Å². The lowest BCUT2D eigenvalue weighted by Crippen LogP contribution is -2.56. The fraction of sp³-hybridized carbons (Fsp3) is 0.476. The Morgan fingerprint density at radius 2 is 1.87 bits per heavy atom. The summed E-state index contributed by atoms with van der Waals surface area (Å²) in [5, 5.41) is 7.58. The molecule has 1 atom stereocenters. The van der Waals surface area contributed by atoms with Crippen LogP contribution in [0.25, 0.3) is 0 Å².